The second kappa shape index (κ2) is 46.5. The Kier molecular flexibility index (Phi) is 45.2. The Morgan fingerprint density at radius 1 is 0.328 bits per heavy atom. The van der Waals surface area contributed by atoms with Gasteiger partial charge in [-0.3, -0.25) is 14.4 Å². The zero-order valence-corrected chi connectivity index (χ0v) is 39.5. The van der Waals surface area contributed by atoms with Gasteiger partial charge >= 0.3 is 17.9 Å². The third kappa shape index (κ3) is 45.5. The van der Waals surface area contributed by atoms with Crippen molar-refractivity contribution >= 4 is 17.9 Å². The van der Waals surface area contributed by atoms with Gasteiger partial charge in [0.25, 0.3) is 0 Å². The number of unbranched alkanes of at least 4 members (excludes halogenated alkanes) is 34. The maximum atomic E-state index is 12.8. The molecule has 58 heavy (non-hydrogen) atoms. The minimum atomic E-state index is -0.760. The maximum absolute atomic E-state index is 12.8. The summed E-state index contributed by atoms with van der Waals surface area (Å²) in [5.41, 5.74) is 0. The average molecular weight is 821 g/mol. The first-order valence-electron chi connectivity index (χ1n) is 25.9. The molecule has 0 aliphatic heterocycles. The molecule has 1 atom stereocenters. The summed E-state index contributed by atoms with van der Waals surface area (Å²) in [4.78, 5) is 37.8. The van der Waals surface area contributed by atoms with Gasteiger partial charge < -0.3 is 14.2 Å². The van der Waals surface area contributed by atoms with Crippen LogP contribution in [0.3, 0.4) is 0 Å². The molecule has 0 heterocycles. The van der Waals surface area contributed by atoms with Crippen molar-refractivity contribution in [3.63, 3.8) is 0 Å². The van der Waals surface area contributed by atoms with Gasteiger partial charge in [-0.2, -0.15) is 0 Å². The highest BCUT2D eigenvalue weighted by atomic mass is 16.6. The number of carbonyl (C=O) groups is 3. The number of hydrogen-bond acceptors (Lipinski definition) is 6. The van der Waals surface area contributed by atoms with Crippen LogP contribution in [0, 0.1) is 5.92 Å². The van der Waals surface area contributed by atoms with Crippen LogP contribution in [0.5, 0.6) is 0 Å². The summed E-state index contributed by atoms with van der Waals surface area (Å²) in [6, 6.07) is 0. The second-order valence-electron chi connectivity index (χ2n) is 18.3. The highest BCUT2D eigenvalue weighted by Gasteiger charge is 2.19. The van der Waals surface area contributed by atoms with Crippen molar-refractivity contribution in [2.24, 2.45) is 5.92 Å². The Morgan fingerprint density at radius 2 is 0.569 bits per heavy atom. The van der Waals surface area contributed by atoms with Crippen molar-refractivity contribution < 1.29 is 28.6 Å². The van der Waals surface area contributed by atoms with Crippen molar-refractivity contribution in [3.05, 3.63) is 0 Å². The van der Waals surface area contributed by atoms with Gasteiger partial charge in [0, 0.05) is 19.3 Å². The highest BCUT2D eigenvalue weighted by Crippen LogP contribution is 2.17. The molecule has 0 aromatic heterocycles. The van der Waals surface area contributed by atoms with Crippen LogP contribution in [0.15, 0.2) is 0 Å². The fourth-order valence-electron chi connectivity index (χ4n) is 7.86. The van der Waals surface area contributed by atoms with Gasteiger partial charge in [0.1, 0.15) is 13.2 Å². The molecule has 0 fully saturated rings. The molecule has 0 aromatic rings. The molecule has 0 N–H and O–H groups in total. The zero-order chi connectivity index (χ0) is 42.4. The van der Waals surface area contributed by atoms with Crippen molar-refractivity contribution in [1.29, 1.82) is 0 Å². The maximum Gasteiger partial charge on any atom is 0.306 e. The third-order valence-corrected chi connectivity index (χ3v) is 11.8. The fraction of sp³-hybridized carbons (Fsp3) is 0.942. The first-order valence-corrected chi connectivity index (χ1v) is 25.9. The molecule has 0 amide bonds. The Bertz CT molecular complexity index is 872. The molecule has 0 rings (SSSR count). The summed E-state index contributed by atoms with van der Waals surface area (Å²) in [5.74, 6) is -0.0295. The van der Waals surface area contributed by atoms with Gasteiger partial charge in [0.2, 0.25) is 0 Å². The van der Waals surface area contributed by atoms with Gasteiger partial charge in [0.05, 0.1) is 0 Å². The van der Waals surface area contributed by atoms with E-state index in [9.17, 15) is 14.4 Å². The fourth-order valence-corrected chi connectivity index (χ4v) is 7.86. The lowest BCUT2D eigenvalue weighted by atomic mass is 10.0. The molecule has 0 spiro atoms. The SMILES string of the molecule is CCCCCCCCCCCCCCCCCCCCC(=O)O[C@@H](COC(=O)CCCCCCCCCCC)COC(=O)CCCCCCCCCCCCC(C)C. The van der Waals surface area contributed by atoms with E-state index in [1.165, 1.54) is 186 Å². The molecule has 0 unspecified atom stereocenters. The van der Waals surface area contributed by atoms with Crippen LogP contribution in [-0.2, 0) is 28.6 Å². The summed E-state index contributed by atoms with van der Waals surface area (Å²) in [6.45, 7) is 9.00. The largest absolute Gasteiger partial charge is 0.462 e. The van der Waals surface area contributed by atoms with Crippen molar-refractivity contribution in [2.45, 2.75) is 297 Å². The molecule has 344 valence electrons. The normalized spacial score (nSPS) is 11.9. The van der Waals surface area contributed by atoms with E-state index >= 15 is 0 Å². The standard InChI is InChI=1S/C52H100O6/c1-5-7-9-11-13-15-16-17-18-19-20-21-22-23-29-33-37-41-45-52(55)58-49(46-56-50(53)43-39-35-31-26-14-12-10-8-6-2)47-57-51(54)44-40-36-32-28-25-24-27-30-34-38-42-48(3)4/h48-49H,5-47H2,1-4H3/t49-/m0/s1. The van der Waals surface area contributed by atoms with E-state index in [1.54, 1.807) is 0 Å². The molecule has 6 nitrogen and oxygen atoms in total. The summed E-state index contributed by atoms with van der Waals surface area (Å²) in [7, 11) is 0. The molecule has 0 aliphatic carbocycles. The van der Waals surface area contributed by atoms with E-state index in [-0.39, 0.29) is 31.1 Å². The van der Waals surface area contributed by atoms with Crippen molar-refractivity contribution in [1.82, 2.24) is 0 Å². The molecular weight excluding hydrogens is 721 g/mol. The number of carbonyl (C=O) groups excluding carboxylic acids is 3. The molecule has 0 aromatic carbocycles. The van der Waals surface area contributed by atoms with Gasteiger partial charge in [-0.05, 0) is 25.2 Å². The van der Waals surface area contributed by atoms with Crippen molar-refractivity contribution in [3.8, 4) is 0 Å². The van der Waals surface area contributed by atoms with Crippen LogP contribution in [0.2, 0.25) is 0 Å². The van der Waals surface area contributed by atoms with E-state index in [2.05, 4.69) is 27.7 Å². The van der Waals surface area contributed by atoms with Gasteiger partial charge in [0.15, 0.2) is 6.10 Å². The molecule has 0 bridgehead atoms. The number of esters is 3. The Labute approximate surface area is 361 Å². The minimum Gasteiger partial charge on any atom is -0.462 e. The van der Waals surface area contributed by atoms with E-state index in [1.807, 2.05) is 0 Å². The molecule has 6 heteroatoms. The Balaban J connectivity index is 4.25. The highest BCUT2D eigenvalue weighted by molar-refractivity contribution is 5.71. The van der Waals surface area contributed by atoms with Gasteiger partial charge in [-0.15, -0.1) is 0 Å². The zero-order valence-electron chi connectivity index (χ0n) is 39.5. The lowest BCUT2D eigenvalue weighted by Gasteiger charge is -2.18. The van der Waals surface area contributed by atoms with Gasteiger partial charge in [-0.25, -0.2) is 0 Å². The number of rotatable bonds is 47. The predicted octanol–water partition coefficient (Wildman–Crippen LogP) is 16.7. The number of ether oxygens (including phenoxy) is 3. The molecule has 0 radical (unpaired) electrons. The monoisotopic (exact) mass is 821 g/mol. The first-order chi connectivity index (χ1) is 28.4. The molecular formula is C52H100O6. The van der Waals surface area contributed by atoms with Crippen LogP contribution in [0.25, 0.3) is 0 Å². The average Bonchev–Trinajstić information content (AvgIpc) is 3.21. The van der Waals surface area contributed by atoms with Gasteiger partial charge in [-0.1, -0.05) is 252 Å². The van der Waals surface area contributed by atoms with E-state index < -0.39 is 6.10 Å². The topological polar surface area (TPSA) is 78.9 Å². The van der Waals surface area contributed by atoms with E-state index in [4.69, 9.17) is 14.2 Å². The number of hydrogen-bond donors (Lipinski definition) is 0. The van der Waals surface area contributed by atoms with Crippen molar-refractivity contribution in [2.75, 3.05) is 13.2 Å². The molecule has 0 saturated carbocycles. The van der Waals surface area contributed by atoms with E-state index in [0.717, 1.165) is 63.7 Å². The third-order valence-electron chi connectivity index (χ3n) is 11.8. The minimum absolute atomic E-state index is 0.0633. The smallest absolute Gasteiger partial charge is 0.306 e. The van der Waals surface area contributed by atoms with E-state index in [0.29, 0.717) is 19.3 Å². The molecule has 0 aliphatic rings. The lowest BCUT2D eigenvalue weighted by molar-refractivity contribution is -0.167. The Morgan fingerprint density at radius 3 is 0.845 bits per heavy atom. The van der Waals surface area contributed by atoms with Crippen LogP contribution < -0.4 is 0 Å². The van der Waals surface area contributed by atoms with Crippen LogP contribution in [0.4, 0.5) is 0 Å². The Hall–Kier alpha value is -1.59. The van der Waals surface area contributed by atoms with Crippen LogP contribution in [-0.4, -0.2) is 37.2 Å². The summed E-state index contributed by atoms with van der Waals surface area (Å²) >= 11 is 0. The summed E-state index contributed by atoms with van der Waals surface area (Å²) in [6.07, 6.45) is 48.1. The predicted molar refractivity (Wildman–Crippen MR) is 247 cm³/mol. The molecule has 0 saturated heterocycles. The second-order valence-corrected chi connectivity index (χ2v) is 18.3. The first kappa shape index (κ1) is 56.4. The summed E-state index contributed by atoms with van der Waals surface area (Å²) in [5, 5.41) is 0. The van der Waals surface area contributed by atoms with Crippen LogP contribution >= 0.6 is 0 Å². The summed E-state index contributed by atoms with van der Waals surface area (Å²) < 4.78 is 16.8. The van der Waals surface area contributed by atoms with Crippen LogP contribution in [0.1, 0.15) is 291 Å². The quantitative estimate of drug-likeness (QED) is 0.0346. The lowest BCUT2D eigenvalue weighted by Crippen LogP contribution is -2.30.